The highest BCUT2D eigenvalue weighted by atomic mass is 32.2. The summed E-state index contributed by atoms with van der Waals surface area (Å²) in [5, 5.41) is 2.68. The van der Waals surface area contributed by atoms with Crippen LogP contribution < -0.4 is 5.32 Å². The lowest BCUT2D eigenvalue weighted by Gasteiger charge is -2.05. The molecule has 1 aromatic carbocycles. The van der Waals surface area contributed by atoms with E-state index in [0.717, 1.165) is 18.2 Å². The van der Waals surface area contributed by atoms with Crippen molar-refractivity contribution in [3.8, 4) is 0 Å². The van der Waals surface area contributed by atoms with Crippen molar-refractivity contribution < 1.29 is 22.0 Å². The number of thioether (sulfide) groups is 1. The minimum Gasteiger partial charge on any atom is -0.463 e. The molecule has 0 saturated carbocycles. The van der Waals surface area contributed by atoms with E-state index >= 15 is 0 Å². The summed E-state index contributed by atoms with van der Waals surface area (Å²) in [6.07, 6.45) is 0. The first-order valence-corrected chi connectivity index (χ1v) is 6.76. The van der Waals surface area contributed by atoms with Crippen LogP contribution in [0.4, 0.5) is 23.2 Å². The minimum atomic E-state index is -2.46. The normalized spacial score (nSPS) is 11.1. The molecule has 0 saturated heterocycles. The van der Waals surface area contributed by atoms with E-state index in [-0.39, 0.29) is 18.0 Å². The second-order valence-corrected chi connectivity index (χ2v) is 4.90. The molecule has 1 aromatic heterocycles. The number of anilines is 1. The molecule has 2 nitrogen and oxygen atoms in total. The Balaban J connectivity index is 1.92. The molecule has 7 heteroatoms. The molecule has 0 amide bonds. The first-order chi connectivity index (χ1) is 9.54. The van der Waals surface area contributed by atoms with Gasteiger partial charge in [-0.1, -0.05) is 11.8 Å². The van der Waals surface area contributed by atoms with Crippen molar-refractivity contribution in [2.75, 3.05) is 5.32 Å². The van der Waals surface area contributed by atoms with Crippen molar-refractivity contribution >= 4 is 17.4 Å². The van der Waals surface area contributed by atoms with Crippen LogP contribution in [0.15, 0.2) is 34.7 Å². The third-order valence-electron chi connectivity index (χ3n) is 2.45. The molecule has 2 rings (SSSR count). The number of nitrogens with one attached hydrogen (secondary N) is 1. The maximum absolute atomic E-state index is 13.3. The van der Waals surface area contributed by atoms with E-state index in [4.69, 9.17) is 4.42 Å². The number of furan rings is 1. The summed E-state index contributed by atoms with van der Waals surface area (Å²) >= 11 is 0.459. The van der Waals surface area contributed by atoms with Crippen molar-refractivity contribution in [1.29, 1.82) is 0 Å². The molecule has 0 bridgehead atoms. The lowest BCUT2D eigenvalue weighted by atomic mass is 10.3. The van der Waals surface area contributed by atoms with Gasteiger partial charge in [-0.05, 0) is 30.3 Å². The largest absolute Gasteiger partial charge is 0.463 e. The SMILES string of the molecule is Fc1ccc(F)c(NCc2ccc(CSC(F)F)o2)c1. The van der Waals surface area contributed by atoms with Gasteiger partial charge in [0.2, 0.25) is 0 Å². The third-order valence-corrected chi connectivity index (χ3v) is 3.15. The van der Waals surface area contributed by atoms with Crippen LogP contribution in [-0.2, 0) is 12.3 Å². The van der Waals surface area contributed by atoms with Gasteiger partial charge < -0.3 is 9.73 Å². The Morgan fingerprint density at radius 2 is 1.85 bits per heavy atom. The van der Waals surface area contributed by atoms with Crippen LogP contribution in [0.25, 0.3) is 0 Å². The van der Waals surface area contributed by atoms with Gasteiger partial charge in [0, 0.05) is 0 Å². The third kappa shape index (κ3) is 4.19. The molecular formula is C13H11F4NOS. The van der Waals surface area contributed by atoms with Gasteiger partial charge in [0.05, 0.1) is 18.0 Å². The fourth-order valence-electron chi connectivity index (χ4n) is 1.56. The summed E-state index contributed by atoms with van der Waals surface area (Å²) in [6.45, 7) is 0.139. The summed E-state index contributed by atoms with van der Waals surface area (Å²) in [7, 11) is 0. The van der Waals surface area contributed by atoms with Crippen molar-refractivity contribution in [3.05, 3.63) is 53.5 Å². The van der Waals surface area contributed by atoms with Gasteiger partial charge in [-0.2, -0.15) is 8.78 Å². The van der Waals surface area contributed by atoms with Crippen LogP contribution in [0.1, 0.15) is 11.5 Å². The number of hydrogen-bond acceptors (Lipinski definition) is 3. The maximum atomic E-state index is 13.3. The smallest absolute Gasteiger partial charge is 0.284 e. The first kappa shape index (κ1) is 14.8. The van der Waals surface area contributed by atoms with Crippen LogP contribution in [0.5, 0.6) is 0 Å². The number of rotatable bonds is 6. The zero-order valence-corrected chi connectivity index (χ0v) is 11.0. The predicted octanol–water partition coefficient (Wildman–Crippen LogP) is 4.63. The monoisotopic (exact) mass is 305 g/mol. The van der Waals surface area contributed by atoms with E-state index in [1.807, 2.05) is 0 Å². The molecule has 0 spiro atoms. The summed E-state index contributed by atoms with van der Waals surface area (Å²) < 4.78 is 55.6. The Hall–Kier alpha value is -1.63. The number of halogens is 4. The zero-order valence-electron chi connectivity index (χ0n) is 10.2. The molecule has 0 atom stereocenters. The highest BCUT2D eigenvalue weighted by Gasteiger charge is 2.08. The fraction of sp³-hybridized carbons (Fsp3) is 0.231. The Kier molecular flexibility index (Phi) is 4.94. The van der Waals surface area contributed by atoms with Crippen molar-refractivity contribution in [2.24, 2.45) is 0 Å². The molecule has 0 unspecified atom stereocenters. The average molecular weight is 305 g/mol. The number of hydrogen-bond donors (Lipinski definition) is 1. The van der Waals surface area contributed by atoms with Crippen LogP contribution >= 0.6 is 11.8 Å². The Morgan fingerprint density at radius 3 is 2.60 bits per heavy atom. The average Bonchev–Trinajstić information content (AvgIpc) is 2.85. The van der Waals surface area contributed by atoms with E-state index in [1.165, 1.54) is 0 Å². The number of benzene rings is 1. The van der Waals surface area contributed by atoms with Crippen LogP contribution in [-0.4, -0.2) is 5.76 Å². The maximum Gasteiger partial charge on any atom is 0.284 e. The summed E-state index contributed by atoms with van der Waals surface area (Å²) in [5.74, 6) is -2.66. The molecule has 0 aliphatic heterocycles. The van der Waals surface area contributed by atoms with Gasteiger partial charge in [-0.25, -0.2) is 8.78 Å². The minimum absolute atomic E-state index is 0.0184. The summed E-state index contributed by atoms with van der Waals surface area (Å²) in [5.41, 5.74) is 0.0184. The Morgan fingerprint density at radius 1 is 1.10 bits per heavy atom. The van der Waals surface area contributed by atoms with E-state index in [1.54, 1.807) is 12.1 Å². The second kappa shape index (κ2) is 6.69. The van der Waals surface area contributed by atoms with E-state index in [0.29, 0.717) is 23.3 Å². The standard InChI is InChI=1S/C13H11F4NOS/c14-8-1-4-11(15)12(5-8)18-6-9-2-3-10(19-9)7-20-13(16)17/h1-5,13,18H,6-7H2. The van der Waals surface area contributed by atoms with Crippen molar-refractivity contribution in [1.82, 2.24) is 0 Å². The molecule has 2 aromatic rings. The molecule has 0 aliphatic carbocycles. The Bertz CT molecular complexity index is 573. The van der Waals surface area contributed by atoms with Gasteiger partial charge in [0.15, 0.2) is 0 Å². The lowest BCUT2D eigenvalue weighted by Crippen LogP contribution is -2.00. The quantitative estimate of drug-likeness (QED) is 0.788. The van der Waals surface area contributed by atoms with Crippen molar-refractivity contribution in [3.63, 3.8) is 0 Å². The predicted molar refractivity (Wildman–Crippen MR) is 69.7 cm³/mol. The van der Waals surface area contributed by atoms with Gasteiger partial charge >= 0.3 is 0 Å². The van der Waals surface area contributed by atoms with Crippen LogP contribution in [0.3, 0.4) is 0 Å². The van der Waals surface area contributed by atoms with Gasteiger partial charge in [-0.15, -0.1) is 0 Å². The molecule has 1 heterocycles. The second-order valence-electron chi connectivity index (χ2n) is 3.92. The molecular weight excluding hydrogens is 294 g/mol. The van der Waals surface area contributed by atoms with Gasteiger partial charge in [-0.3, -0.25) is 0 Å². The van der Waals surface area contributed by atoms with Crippen LogP contribution in [0, 0.1) is 11.6 Å². The number of alkyl halides is 2. The molecule has 0 radical (unpaired) electrons. The van der Waals surface area contributed by atoms with Gasteiger partial charge in [0.25, 0.3) is 5.76 Å². The Labute approximate surface area is 117 Å². The van der Waals surface area contributed by atoms with Crippen molar-refractivity contribution in [2.45, 2.75) is 18.1 Å². The van der Waals surface area contributed by atoms with Gasteiger partial charge in [0.1, 0.15) is 23.2 Å². The van der Waals surface area contributed by atoms with E-state index in [9.17, 15) is 17.6 Å². The fourth-order valence-corrected chi connectivity index (χ4v) is 2.00. The highest BCUT2D eigenvalue weighted by Crippen LogP contribution is 2.22. The first-order valence-electron chi connectivity index (χ1n) is 5.71. The molecule has 0 fully saturated rings. The molecule has 108 valence electrons. The summed E-state index contributed by atoms with van der Waals surface area (Å²) in [6, 6.07) is 6.25. The lowest BCUT2D eigenvalue weighted by molar-refractivity contribution is 0.251. The summed E-state index contributed by atoms with van der Waals surface area (Å²) in [4.78, 5) is 0. The molecule has 1 N–H and O–H groups in total. The van der Waals surface area contributed by atoms with E-state index < -0.39 is 17.4 Å². The topological polar surface area (TPSA) is 25.2 Å². The highest BCUT2D eigenvalue weighted by molar-refractivity contribution is 7.98. The van der Waals surface area contributed by atoms with E-state index in [2.05, 4.69) is 5.32 Å². The van der Waals surface area contributed by atoms with Crippen LogP contribution in [0.2, 0.25) is 0 Å². The molecule has 20 heavy (non-hydrogen) atoms. The molecule has 0 aliphatic rings. The zero-order chi connectivity index (χ0) is 14.5.